The summed E-state index contributed by atoms with van der Waals surface area (Å²) in [7, 11) is 0. The lowest BCUT2D eigenvalue weighted by atomic mass is 9.82. The molecular weight excluding hydrogens is 511 g/mol. The highest BCUT2D eigenvalue weighted by Crippen LogP contribution is 2.34. The SMILES string of the molecule is CC(c1ccc(Cl)cc1)C(CNC(=O)C(C)(C)Oc1ccc(Cl)cn1)c1cccc(Br)c1. The van der Waals surface area contributed by atoms with Crippen LogP contribution >= 0.6 is 39.1 Å². The first-order valence-electron chi connectivity index (χ1n) is 10.3. The number of pyridine rings is 1. The minimum atomic E-state index is -1.10. The van der Waals surface area contributed by atoms with Crippen LogP contribution in [-0.4, -0.2) is 23.0 Å². The number of carbonyl (C=O) groups excluding carboxylic acids is 1. The molecule has 2 unspecified atom stereocenters. The maximum Gasteiger partial charge on any atom is 0.263 e. The van der Waals surface area contributed by atoms with Crippen LogP contribution in [0.3, 0.4) is 0 Å². The molecule has 0 aliphatic carbocycles. The zero-order chi connectivity index (χ0) is 23.3. The van der Waals surface area contributed by atoms with Gasteiger partial charge in [0.15, 0.2) is 5.60 Å². The van der Waals surface area contributed by atoms with Crippen LogP contribution in [0.1, 0.15) is 43.7 Å². The first-order valence-corrected chi connectivity index (χ1v) is 11.8. The number of carbonyl (C=O) groups is 1. The number of amides is 1. The van der Waals surface area contributed by atoms with Crippen molar-refractivity contribution >= 4 is 45.0 Å². The van der Waals surface area contributed by atoms with Gasteiger partial charge in [-0.1, -0.05) is 70.3 Å². The average molecular weight is 536 g/mol. The lowest BCUT2D eigenvalue weighted by Gasteiger charge is -2.29. The van der Waals surface area contributed by atoms with Crippen LogP contribution in [0.15, 0.2) is 71.3 Å². The summed E-state index contributed by atoms with van der Waals surface area (Å²) in [5.41, 5.74) is 1.17. The van der Waals surface area contributed by atoms with E-state index in [2.05, 4.69) is 45.3 Å². The van der Waals surface area contributed by atoms with Crippen LogP contribution in [0, 0.1) is 0 Å². The van der Waals surface area contributed by atoms with Crippen LogP contribution < -0.4 is 10.1 Å². The van der Waals surface area contributed by atoms with Gasteiger partial charge in [0.05, 0.1) is 5.02 Å². The van der Waals surface area contributed by atoms with Crippen molar-refractivity contribution in [3.05, 3.63) is 92.5 Å². The quantitative estimate of drug-likeness (QED) is 0.337. The largest absolute Gasteiger partial charge is 0.462 e. The van der Waals surface area contributed by atoms with Crippen molar-refractivity contribution in [3.8, 4) is 5.88 Å². The lowest BCUT2D eigenvalue weighted by molar-refractivity contribution is -0.134. The Balaban J connectivity index is 1.77. The Labute approximate surface area is 207 Å². The van der Waals surface area contributed by atoms with Gasteiger partial charge < -0.3 is 10.1 Å². The first kappa shape index (κ1) is 24.6. The van der Waals surface area contributed by atoms with Crippen LogP contribution in [0.5, 0.6) is 5.88 Å². The maximum absolute atomic E-state index is 13.0. The van der Waals surface area contributed by atoms with Gasteiger partial charge >= 0.3 is 0 Å². The Kier molecular flexibility index (Phi) is 8.21. The van der Waals surface area contributed by atoms with Gasteiger partial charge in [0.1, 0.15) is 0 Å². The molecule has 0 aliphatic heterocycles. The fourth-order valence-electron chi connectivity index (χ4n) is 3.47. The van der Waals surface area contributed by atoms with Gasteiger partial charge in [0.2, 0.25) is 5.88 Å². The first-order chi connectivity index (χ1) is 15.2. The molecule has 1 heterocycles. The number of rotatable bonds is 8. The van der Waals surface area contributed by atoms with E-state index in [0.717, 1.165) is 15.6 Å². The van der Waals surface area contributed by atoms with Crippen molar-refractivity contribution in [1.82, 2.24) is 10.3 Å². The zero-order valence-electron chi connectivity index (χ0n) is 18.1. The minimum Gasteiger partial charge on any atom is -0.462 e. The van der Waals surface area contributed by atoms with Crippen molar-refractivity contribution in [2.45, 2.75) is 38.2 Å². The summed E-state index contributed by atoms with van der Waals surface area (Å²) < 4.78 is 6.82. The topological polar surface area (TPSA) is 51.2 Å². The molecule has 2 atom stereocenters. The summed E-state index contributed by atoms with van der Waals surface area (Å²) in [5, 5.41) is 4.28. The number of nitrogens with zero attached hydrogens (tertiary/aromatic N) is 1. The van der Waals surface area contributed by atoms with Gasteiger partial charge in [-0.15, -0.1) is 0 Å². The average Bonchev–Trinajstić information content (AvgIpc) is 2.75. The van der Waals surface area contributed by atoms with E-state index in [1.807, 2.05) is 36.4 Å². The number of nitrogens with one attached hydrogen (secondary N) is 1. The number of hydrogen-bond acceptors (Lipinski definition) is 3. The van der Waals surface area contributed by atoms with Gasteiger partial charge in [-0.05, 0) is 61.2 Å². The molecule has 0 spiro atoms. The Hall–Kier alpha value is -2.08. The van der Waals surface area contributed by atoms with Crippen molar-refractivity contribution < 1.29 is 9.53 Å². The predicted octanol–water partition coefficient (Wildman–Crippen LogP) is 7.01. The molecule has 168 valence electrons. The summed E-state index contributed by atoms with van der Waals surface area (Å²) in [6, 6.07) is 19.3. The van der Waals surface area contributed by atoms with Crippen LogP contribution in [0.25, 0.3) is 0 Å². The number of ether oxygens (including phenoxy) is 1. The highest BCUT2D eigenvalue weighted by atomic mass is 79.9. The van der Waals surface area contributed by atoms with E-state index in [4.69, 9.17) is 27.9 Å². The third kappa shape index (κ3) is 6.47. The van der Waals surface area contributed by atoms with Crippen molar-refractivity contribution in [2.75, 3.05) is 6.54 Å². The summed E-state index contributed by atoms with van der Waals surface area (Å²) in [5.74, 6) is 0.302. The molecule has 1 N–H and O–H groups in total. The van der Waals surface area contributed by atoms with Gasteiger partial charge in [0, 0.05) is 34.2 Å². The third-order valence-electron chi connectivity index (χ3n) is 5.37. The molecule has 7 heteroatoms. The molecule has 3 rings (SSSR count). The highest BCUT2D eigenvalue weighted by Gasteiger charge is 2.32. The summed E-state index contributed by atoms with van der Waals surface area (Å²) in [4.78, 5) is 17.1. The molecule has 0 aliphatic rings. The van der Waals surface area contributed by atoms with Gasteiger partial charge in [-0.3, -0.25) is 4.79 Å². The van der Waals surface area contributed by atoms with Gasteiger partial charge in [-0.2, -0.15) is 0 Å². The molecule has 0 saturated heterocycles. The molecule has 1 aromatic heterocycles. The Morgan fingerprint density at radius 3 is 2.38 bits per heavy atom. The standard InChI is InChI=1S/C25H25BrCl2N2O2/c1-16(17-7-9-20(27)10-8-17)22(18-5-4-6-19(26)13-18)15-30-24(31)25(2,3)32-23-12-11-21(28)14-29-23/h4-14,16,22H,15H2,1-3H3,(H,30,31). The van der Waals surface area contributed by atoms with E-state index in [1.54, 1.807) is 26.0 Å². The zero-order valence-corrected chi connectivity index (χ0v) is 21.2. The van der Waals surface area contributed by atoms with Crippen molar-refractivity contribution in [2.24, 2.45) is 0 Å². The summed E-state index contributed by atoms with van der Waals surface area (Å²) >= 11 is 15.5. The molecule has 4 nitrogen and oxygen atoms in total. The second-order valence-electron chi connectivity index (χ2n) is 8.14. The molecule has 0 fully saturated rings. The van der Waals surface area contributed by atoms with E-state index in [1.165, 1.54) is 6.20 Å². The molecular formula is C25H25BrCl2N2O2. The minimum absolute atomic E-state index is 0.0436. The second-order valence-corrected chi connectivity index (χ2v) is 9.93. The van der Waals surface area contributed by atoms with Gasteiger partial charge in [0.25, 0.3) is 5.91 Å². The number of aromatic nitrogens is 1. The molecule has 0 bridgehead atoms. The van der Waals surface area contributed by atoms with E-state index in [0.29, 0.717) is 22.5 Å². The Morgan fingerprint density at radius 1 is 1.06 bits per heavy atom. The van der Waals surface area contributed by atoms with E-state index in [-0.39, 0.29) is 17.7 Å². The van der Waals surface area contributed by atoms with Crippen LogP contribution in [-0.2, 0) is 4.79 Å². The molecule has 0 saturated carbocycles. The summed E-state index contributed by atoms with van der Waals surface area (Å²) in [6.45, 7) is 6.03. The number of halogens is 3. The predicted molar refractivity (Wildman–Crippen MR) is 134 cm³/mol. The monoisotopic (exact) mass is 534 g/mol. The number of hydrogen-bond donors (Lipinski definition) is 1. The van der Waals surface area contributed by atoms with E-state index >= 15 is 0 Å². The smallest absolute Gasteiger partial charge is 0.263 e. The molecule has 0 radical (unpaired) electrons. The van der Waals surface area contributed by atoms with Crippen molar-refractivity contribution in [1.29, 1.82) is 0 Å². The van der Waals surface area contributed by atoms with Crippen molar-refractivity contribution in [3.63, 3.8) is 0 Å². The normalized spacial score (nSPS) is 13.3. The Morgan fingerprint density at radius 2 is 1.75 bits per heavy atom. The van der Waals surface area contributed by atoms with Gasteiger partial charge in [-0.25, -0.2) is 4.98 Å². The molecule has 3 aromatic rings. The second kappa shape index (κ2) is 10.7. The fraction of sp³-hybridized carbons (Fsp3) is 0.280. The molecule has 32 heavy (non-hydrogen) atoms. The fourth-order valence-corrected chi connectivity index (χ4v) is 4.12. The lowest BCUT2D eigenvalue weighted by Crippen LogP contribution is -2.48. The third-order valence-corrected chi connectivity index (χ3v) is 6.33. The van der Waals surface area contributed by atoms with E-state index in [9.17, 15) is 4.79 Å². The maximum atomic E-state index is 13.0. The summed E-state index contributed by atoms with van der Waals surface area (Å²) in [6.07, 6.45) is 1.49. The number of benzene rings is 2. The van der Waals surface area contributed by atoms with Crippen LogP contribution in [0.2, 0.25) is 10.0 Å². The Bertz CT molecular complexity index is 1060. The van der Waals surface area contributed by atoms with Crippen LogP contribution in [0.4, 0.5) is 0 Å². The van der Waals surface area contributed by atoms with E-state index < -0.39 is 5.60 Å². The molecule has 2 aromatic carbocycles. The molecule has 1 amide bonds. The highest BCUT2D eigenvalue weighted by molar-refractivity contribution is 9.10.